The minimum atomic E-state index is -0.420. The van der Waals surface area contributed by atoms with Crippen molar-refractivity contribution in [3.8, 4) is 23.0 Å². The lowest BCUT2D eigenvalue weighted by Crippen LogP contribution is -2.53. The molecule has 8 heteroatoms. The van der Waals surface area contributed by atoms with Crippen molar-refractivity contribution >= 4 is 27.2 Å². The number of ether oxygens (including phenoxy) is 2. The van der Waals surface area contributed by atoms with E-state index in [1.54, 1.807) is 42.5 Å². The lowest BCUT2D eigenvalue weighted by atomic mass is 10.1. The van der Waals surface area contributed by atoms with Gasteiger partial charge in [0.2, 0.25) is 5.78 Å². The molecule has 0 amide bonds. The fraction of sp³-hybridized carbons (Fsp3) is 0.222. The molecule has 1 aromatic heterocycles. The monoisotopic (exact) mass is 495 g/mol. The molecular weight excluding hydrogens is 472 g/mol. The molecule has 1 saturated heterocycles. The second-order valence-corrected chi connectivity index (χ2v) is 9.44. The minimum Gasteiger partial charge on any atom is -0.508 e. The molecule has 0 aliphatic carbocycles. The highest BCUT2D eigenvalue weighted by molar-refractivity contribution is 7.21. The SMILES string of the molecule is O=C(c1ccc(F)cc1)c1sc2cc(O)ccc2c1Oc1ccc(OC2CN(CCCF)C2)cc1. The molecule has 4 aromatic rings. The van der Waals surface area contributed by atoms with Gasteiger partial charge in [-0.25, -0.2) is 4.39 Å². The van der Waals surface area contributed by atoms with Crippen LogP contribution in [0.4, 0.5) is 8.78 Å². The Balaban J connectivity index is 1.35. The van der Waals surface area contributed by atoms with Crippen LogP contribution in [-0.2, 0) is 0 Å². The van der Waals surface area contributed by atoms with Crippen molar-refractivity contribution in [1.82, 2.24) is 4.90 Å². The zero-order valence-corrected chi connectivity index (χ0v) is 19.6. The van der Waals surface area contributed by atoms with Crippen molar-refractivity contribution in [3.05, 3.63) is 83.0 Å². The summed E-state index contributed by atoms with van der Waals surface area (Å²) < 4.78 is 38.5. The summed E-state index contributed by atoms with van der Waals surface area (Å²) in [7, 11) is 0. The van der Waals surface area contributed by atoms with E-state index in [1.807, 2.05) is 0 Å². The Morgan fingerprint density at radius 3 is 2.46 bits per heavy atom. The van der Waals surface area contributed by atoms with E-state index in [4.69, 9.17) is 9.47 Å². The molecular formula is C27H23F2NO4S. The number of ketones is 1. The largest absolute Gasteiger partial charge is 0.508 e. The van der Waals surface area contributed by atoms with Crippen molar-refractivity contribution in [1.29, 1.82) is 0 Å². The summed E-state index contributed by atoms with van der Waals surface area (Å²) in [6.45, 7) is 2.00. The van der Waals surface area contributed by atoms with Gasteiger partial charge in [-0.1, -0.05) is 0 Å². The van der Waals surface area contributed by atoms with Crippen molar-refractivity contribution in [2.24, 2.45) is 0 Å². The number of halogens is 2. The summed E-state index contributed by atoms with van der Waals surface area (Å²) in [6.07, 6.45) is 0.621. The van der Waals surface area contributed by atoms with Crippen molar-refractivity contribution in [2.45, 2.75) is 12.5 Å². The van der Waals surface area contributed by atoms with Gasteiger partial charge in [0.1, 0.15) is 34.0 Å². The quantitative estimate of drug-likeness (QED) is 0.281. The number of fused-ring (bicyclic) bond motifs is 1. The maximum absolute atomic E-state index is 13.4. The standard InChI is InChI=1S/C27H23F2NO4S/c28-12-1-13-30-15-22(16-30)33-20-7-9-21(10-8-20)34-26-23-11-6-19(31)14-24(23)35-27(26)25(32)17-2-4-18(29)5-3-17/h2-11,14,22,31H,1,12-13,15-16H2. The first-order valence-corrected chi connectivity index (χ1v) is 12.1. The minimum absolute atomic E-state index is 0.0785. The van der Waals surface area contributed by atoms with Crippen LogP contribution in [0.1, 0.15) is 21.7 Å². The molecule has 1 aliphatic heterocycles. The Labute approximate surface area is 205 Å². The first-order chi connectivity index (χ1) is 17.0. The Bertz CT molecular complexity index is 1330. The number of aromatic hydroxyl groups is 1. The Morgan fingerprint density at radius 2 is 1.74 bits per heavy atom. The molecule has 1 N–H and O–H groups in total. The Hall–Kier alpha value is -3.49. The molecule has 35 heavy (non-hydrogen) atoms. The van der Waals surface area contributed by atoms with E-state index in [0.717, 1.165) is 19.6 Å². The Kier molecular flexibility index (Phi) is 6.66. The van der Waals surface area contributed by atoms with Crippen LogP contribution in [0.2, 0.25) is 0 Å². The number of nitrogens with zero attached hydrogens (tertiary/aromatic N) is 1. The van der Waals surface area contributed by atoms with Gasteiger partial charge in [0, 0.05) is 35.3 Å². The van der Waals surface area contributed by atoms with E-state index in [9.17, 15) is 18.7 Å². The number of carbonyl (C=O) groups excluding carboxylic acids is 1. The summed E-state index contributed by atoms with van der Waals surface area (Å²) in [5.41, 5.74) is 0.344. The molecule has 0 radical (unpaired) electrons. The third-order valence-corrected chi connectivity index (χ3v) is 6.95. The first-order valence-electron chi connectivity index (χ1n) is 11.3. The third kappa shape index (κ3) is 5.13. The first kappa shape index (κ1) is 23.3. The molecule has 0 unspecified atom stereocenters. The molecule has 1 aliphatic rings. The van der Waals surface area contributed by atoms with Crippen molar-refractivity contribution < 1.29 is 28.2 Å². The predicted octanol–water partition coefficient (Wildman–Crippen LogP) is 6.19. The maximum atomic E-state index is 13.4. The highest BCUT2D eigenvalue weighted by Crippen LogP contribution is 2.42. The number of hydrogen-bond donors (Lipinski definition) is 1. The van der Waals surface area contributed by atoms with Crippen LogP contribution in [-0.4, -0.2) is 48.2 Å². The zero-order chi connectivity index (χ0) is 24.4. The van der Waals surface area contributed by atoms with Gasteiger partial charge in [-0.05, 0) is 73.2 Å². The number of benzene rings is 3. The third-order valence-electron chi connectivity index (χ3n) is 5.82. The summed E-state index contributed by atoms with van der Waals surface area (Å²) in [4.78, 5) is 15.7. The number of phenols is 1. The molecule has 5 rings (SSSR count). The van der Waals surface area contributed by atoms with Crippen LogP contribution in [0.3, 0.4) is 0 Å². The van der Waals surface area contributed by atoms with Gasteiger partial charge in [0.05, 0.1) is 6.67 Å². The number of rotatable bonds is 9. The normalized spacial score (nSPS) is 14.1. The van der Waals surface area contributed by atoms with E-state index in [-0.39, 0.29) is 24.3 Å². The van der Waals surface area contributed by atoms with E-state index < -0.39 is 5.82 Å². The van der Waals surface area contributed by atoms with E-state index >= 15 is 0 Å². The highest BCUT2D eigenvalue weighted by atomic mass is 32.1. The van der Waals surface area contributed by atoms with Gasteiger partial charge in [0.15, 0.2) is 5.75 Å². The summed E-state index contributed by atoms with van der Waals surface area (Å²) in [5, 5.41) is 10.6. The predicted molar refractivity (Wildman–Crippen MR) is 131 cm³/mol. The number of alkyl halides is 1. The van der Waals surface area contributed by atoms with E-state index in [2.05, 4.69) is 4.90 Å². The van der Waals surface area contributed by atoms with Gasteiger partial charge in [-0.3, -0.25) is 14.1 Å². The van der Waals surface area contributed by atoms with Crippen LogP contribution in [0, 0.1) is 5.82 Å². The van der Waals surface area contributed by atoms with Gasteiger partial charge >= 0.3 is 0 Å². The molecule has 0 bridgehead atoms. The maximum Gasteiger partial charge on any atom is 0.206 e. The number of likely N-dealkylation sites (tertiary alicyclic amines) is 1. The van der Waals surface area contributed by atoms with Crippen LogP contribution < -0.4 is 9.47 Å². The molecule has 0 saturated carbocycles. The molecule has 180 valence electrons. The number of thiophene rings is 1. The van der Waals surface area contributed by atoms with Crippen LogP contribution >= 0.6 is 11.3 Å². The van der Waals surface area contributed by atoms with Crippen LogP contribution in [0.15, 0.2) is 66.7 Å². The molecule has 2 heterocycles. The van der Waals surface area contributed by atoms with Crippen molar-refractivity contribution in [2.75, 3.05) is 26.3 Å². The summed E-state index contributed by atoms with van der Waals surface area (Å²) in [6, 6.07) is 17.4. The fourth-order valence-electron chi connectivity index (χ4n) is 4.00. The van der Waals surface area contributed by atoms with Gasteiger partial charge in [-0.15, -0.1) is 11.3 Å². The average molecular weight is 496 g/mol. The number of hydrogen-bond acceptors (Lipinski definition) is 6. The summed E-state index contributed by atoms with van der Waals surface area (Å²) >= 11 is 1.21. The zero-order valence-electron chi connectivity index (χ0n) is 18.7. The highest BCUT2D eigenvalue weighted by Gasteiger charge is 2.28. The molecule has 5 nitrogen and oxygen atoms in total. The van der Waals surface area contributed by atoms with Crippen LogP contribution in [0.25, 0.3) is 10.1 Å². The molecule has 1 fully saturated rings. The smallest absolute Gasteiger partial charge is 0.206 e. The average Bonchev–Trinajstić information content (AvgIpc) is 3.18. The number of phenolic OH excluding ortho intramolecular Hbond substituents is 1. The lowest BCUT2D eigenvalue weighted by molar-refractivity contribution is 0.0184. The van der Waals surface area contributed by atoms with Crippen molar-refractivity contribution in [3.63, 3.8) is 0 Å². The molecule has 0 spiro atoms. The lowest BCUT2D eigenvalue weighted by Gasteiger charge is -2.38. The second kappa shape index (κ2) is 10.0. The fourth-order valence-corrected chi connectivity index (χ4v) is 5.13. The van der Waals surface area contributed by atoms with Gasteiger partial charge in [-0.2, -0.15) is 0 Å². The van der Waals surface area contributed by atoms with E-state index in [1.165, 1.54) is 35.6 Å². The van der Waals surface area contributed by atoms with Gasteiger partial charge in [0.25, 0.3) is 0 Å². The van der Waals surface area contributed by atoms with E-state index in [0.29, 0.717) is 44.2 Å². The number of carbonyl (C=O) groups is 1. The topological polar surface area (TPSA) is 59.0 Å². The second-order valence-electron chi connectivity index (χ2n) is 8.39. The molecule has 3 aromatic carbocycles. The van der Waals surface area contributed by atoms with Gasteiger partial charge < -0.3 is 14.6 Å². The Morgan fingerprint density at radius 1 is 1.03 bits per heavy atom. The van der Waals surface area contributed by atoms with Crippen LogP contribution in [0.5, 0.6) is 23.0 Å². The molecule has 0 atom stereocenters. The summed E-state index contributed by atoms with van der Waals surface area (Å²) in [5.74, 6) is 0.993.